The summed E-state index contributed by atoms with van der Waals surface area (Å²) in [6, 6.07) is 8.35. The second-order valence-electron chi connectivity index (χ2n) is 5.87. The minimum atomic E-state index is -0.0364. The third kappa shape index (κ3) is 2.28. The highest BCUT2D eigenvalue weighted by Crippen LogP contribution is 2.35. The molecule has 0 saturated heterocycles. The van der Waals surface area contributed by atoms with Gasteiger partial charge in [0.1, 0.15) is 11.3 Å². The lowest BCUT2D eigenvalue weighted by Gasteiger charge is -2.07. The zero-order valence-corrected chi connectivity index (χ0v) is 12.5. The minimum Gasteiger partial charge on any atom is -0.345 e. The Kier molecular flexibility index (Phi) is 2.99. The van der Waals surface area contributed by atoms with E-state index < -0.39 is 0 Å². The normalized spacial score (nSPS) is 14.4. The maximum atomic E-state index is 12.3. The molecule has 4 rings (SSSR count). The summed E-state index contributed by atoms with van der Waals surface area (Å²) in [6.45, 7) is 2.48. The van der Waals surface area contributed by atoms with E-state index >= 15 is 0 Å². The Morgan fingerprint density at radius 1 is 1.32 bits per heavy atom. The molecule has 3 aromatic rings. The van der Waals surface area contributed by atoms with E-state index in [2.05, 4.69) is 14.9 Å². The molecule has 0 unspecified atom stereocenters. The smallest absolute Gasteiger partial charge is 0.268 e. The SMILES string of the molecule is Cc1cccn2cc(CNC(=O)c3cccn3C3CC3)nc12. The lowest BCUT2D eigenvalue weighted by atomic mass is 10.3. The third-order valence-corrected chi connectivity index (χ3v) is 4.11. The largest absolute Gasteiger partial charge is 0.345 e. The molecule has 1 aliphatic rings. The summed E-state index contributed by atoms with van der Waals surface area (Å²) in [6.07, 6.45) is 8.25. The first-order chi connectivity index (χ1) is 10.7. The number of nitrogens with zero attached hydrogens (tertiary/aromatic N) is 3. The minimum absolute atomic E-state index is 0.0364. The summed E-state index contributed by atoms with van der Waals surface area (Å²) in [7, 11) is 0. The van der Waals surface area contributed by atoms with E-state index in [0.29, 0.717) is 12.6 Å². The van der Waals surface area contributed by atoms with E-state index in [-0.39, 0.29) is 5.91 Å². The number of carbonyl (C=O) groups is 1. The summed E-state index contributed by atoms with van der Waals surface area (Å²) in [5.74, 6) is -0.0364. The number of nitrogens with one attached hydrogen (secondary N) is 1. The number of fused-ring (bicyclic) bond motifs is 1. The summed E-state index contributed by atoms with van der Waals surface area (Å²) >= 11 is 0. The molecule has 1 aliphatic carbocycles. The summed E-state index contributed by atoms with van der Waals surface area (Å²) in [5, 5.41) is 2.97. The first-order valence-corrected chi connectivity index (χ1v) is 7.60. The van der Waals surface area contributed by atoms with Gasteiger partial charge in [0.25, 0.3) is 5.91 Å². The molecule has 0 radical (unpaired) electrons. The second kappa shape index (κ2) is 5.02. The van der Waals surface area contributed by atoms with Crippen molar-refractivity contribution in [1.82, 2.24) is 19.3 Å². The van der Waals surface area contributed by atoms with Gasteiger partial charge in [-0.15, -0.1) is 0 Å². The van der Waals surface area contributed by atoms with Gasteiger partial charge in [0, 0.05) is 24.6 Å². The van der Waals surface area contributed by atoms with E-state index in [1.807, 2.05) is 54.2 Å². The number of pyridine rings is 1. The van der Waals surface area contributed by atoms with Crippen molar-refractivity contribution < 1.29 is 4.79 Å². The molecule has 0 aromatic carbocycles. The van der Waals surface area contributed by atoms with Gasteiger partial charge < -0.3 is 14.3 Å². The lowest BCUT2D eigenvalue weighted by Crippen LogP contribution is -2.25. The number of amides is 1. The van der Waals surface area contributed by atoms with Crippen LogP contribution in [-0.2, 0) is 6.54 Å². The Morgan fingerprint density at radius 2 is 2.14 bits per heavy atom. The molecule has 1 N–H and O–H groups in total. The Balaban J connectivity index is 1.50. The number of aromatic nitrogens is 3. The van der Waals surface area contributed by atoms with Crippen LogP contribution in [0.1, 0.15) is 40.6 Å². The van der Waals surface area contributed by atoms with E-state index in [0.717, 1.165) is 22.6 Å². The Bertz CT molecular complexity index is 841. The highest BCUT2D eigenvalue weighted by molar-refractivity contribution is 5.92. The van der Waals surface area contributed by atoms with Crippen LogP contribution >= 0.6 is 0 Å². The van der Waals surface area contributed by atoms with Crippen molar-refractivity contribution in [2.24, 2.45) is 0 Å². The lowest BCUT2D eigenvalue weighted by molar-refractivity contribution is 0.0941. The van der Waals surface area contributed by atoms with Crippen LogP contribution < -0.4 is 5.32 Å². The molecule has 1 amide bonds. The average molecular weight is 294 g/mol. The Labute approximate surface area is 128 Å². The van der Waals surface area contributed by atoms with Crippen LogP contribution in [0.2, 0.25) is 0 Å². The van der Waals surface area contributed by atoms with Crippen LogP contribution in [-0.4, -0.2) is 19.9 Å². The number of rotatable bonds is 4. The van der Waals surface area contributed by atoms with Crippen molar-refractivity contribution in [2.45, 2.75) is 32.4 Å². The third-order valence-electron chi connectivity index (χ3n) is 4.11. The summed E-state index contributed by atoms with van der Waals surface area (Å²) < 4.78 is 4.06. The second-order valence-corrected chi connectivity index (χ2v) is 5.87. The molecule has 0 atom stereocenters. The van der Waals surface area contributed by atoms with E-state index in [4.69, 9.17) is 0 Å². The summed E-state index contributed by atoms with van der Waals surface area (Å²) in [5.41, 5.74) is 3.67. The van der Waals surface area contributed by atoms with Crippen LogP contribution in [0, 0.1) is 6.92 Å². The van der Waals surface area contributed by atoms with Crippen molar-refractivity contribution in [3.8, 4) is 0 Å². The number of imidazole rings is 1. The van der Waals surface area contributed by atoms with Crippen LogP contribution in [0.4, 0.5) is 0 Å². The molecule has 5 nitrogen and oxygen atoms in total. The highest BCUT2D eigenvalue weighted by Gasteiger charge is 2.26. The first kappa shape index (κ1) is 13.1. The molecule has 112 valence electrons. The van der Waals surface area contributed by atoms with Crippen LogP contribution in [0.5, 0.6) is 0 Å². The molecule has 0 spiro atoms. The zero-order chi connectivity index (χ0) is 15.1. The number of aryl methyl sites for hydroxylation is 1. The predicted octanol–water partition coefficient (Wildman–Crippen LogP) is 2.71. The maximum absolute atomic E-state index is 12.3. The molecule has 3 aromatic heterocycles. The quantitative estimate of drug-likeness (QED) is 0.804. The molecule has 1 fully saturated rings. The summed E-state index contributed by atoms with van der Waals surface area (Å²) in [4.78, 5) is 16.9. The molecular formula is C17H18N4O. The average Bonchev–Trinajstić information content (AvgIpc) is 3.09. The van der Waals surface area contributed by atoms with Gasteiger partial charge in [-0.1, -0.05) is 6.07 Å². The van der Waals surface area contributed by atoms with E-state index in [1.54, 1.807) is 0 Å². The molecule has 1 saturated carbocycles. The number of carbonyl (C=O) groups excluding carboxylic acids is 1. The van der Waals surface area contributed by atoms with E-state index in [1.165, 1.54) is 12.8 Å². The molecular weight excluding hydrogens is 276 g/mol. The fourth-order valence-corrected chi connectivity index (χ4v) is 2.81. The fraction of sp³-hybridized carbons (Fsp3) is 0.294. The van der Waals surface area contributed by atoms with Gasteiger partial charge >= 0.3 is 0 Å². The number of hydrogen-bond acceptors (Lipinski definition) is 2. The Hall–Kier alpha value is -2.56. The van der Waals surface area contributed by atoms with Gasteiger partial charge in [0.05, 0.1) is 12.2 Å². The maximum Gasteiger partial charge on any atom is 0.268 e. The van der Waals surface area contributed by atoms with Crippen molar-refractivity contribution in [1.29, 1.82) is 0 Å². The molecule has 3 heterocycles. The van der Waals surface area contributed by atoms with Gasteiger partial charge in [-0.3, -0.25) is 4.79 Å². The standard InChI is InChI=1S/C17H18N4O/c1-12-4-2-8-20-11-13(19-16(12)20)10-18-17(22)15-5-3-9-21(15)14-6-7-14/h2-5,8-9,11,14H,6-7,10H2,1H3,(H,18,22). The van der Waals surface area contributed by atoms with Crippen LogP contribution in [0.3, 0.4) is 0 Å². The van der Waals surface area contributed by atoms with Crippen molar-refractivity contribution in [3.05, 3.63) is 59.8 Å². The fourth-order valence-electron chi connectivity index (χ4n) is 2.81. The number of hydrogen-bond donors (Lipinski definition) is 1. The molecule has 0 bridgehead atoms. The van der Waals surface area contributed by atoms with Gasteiger partial charge in [0.15, 0.2) is 0 Å². The molecule has 0 aliphatic heterocycles. The molecule has 22 heavy (non-hydrogen) atoms. The first-order valence-electron chi connectivity index (χ1n) is 7.60. The highest BCUT2D eigenvalue weighted by atomic mass is 16.1. The topological polar surface area (TPSA) is 51.3 Å². The van der Waals surface area contributed by atoms with E-state index in [9.17, 15) is 4.79 Å². The van der Waals surface area contributed by atoms with Crippen LogP contribution in [0.25, 0.3) is 5.65 Å². The van der Waals surface area contributed by atoms with Gasteiger partial charge in [-0.05, 0) is 43.5 Å². The monoisotopic (exact) mass is 294 g/mol. The van der Waals surface area contributed by atoms with Gasteiger partial charge in [-0.25, -0.2) is 4.98 Å². The van der Waals surface area contributed by atoms with Crippen molar-refractivity contribution in [3.63, 3.8) is 0 Å². The van der Waals surface area contributed by atoms with Crippen LogP contribution in [0.15, 0.2) is 42.9 Å². The van der Waals surface area contributed by atoms with Gasteiger partial charge in [-0.2, -0.15) is 0 Å². The van der Waals surface area contributed by atoms with Crippen molar-refractivity contribution >= 4 is 11.6 Å². The molecule has 5 heteroatoms. The zero-order valence-electron chi connectivity index (χ0n) is 12.5. The Morgan fingerprint density at radius 3 is 2.91 bits per heavy atom. The van der Waals surface area contributed by atoms with Gasteiger partial charge in [0.2, 0.25) is 0 Å². The van der Waals surface area contributed by atoms with Crippen molar-refractivity contribution in [2.75, 3.05) is 0 Å². The predicted molar refractivity (Wildman–Crippen MR) is 83.8 cm³/mol.